The average molecular weight is 377 g/mol. The summed E-state index contributed by atoms with van der Waals surface area (Å²) in [6.07, 6.45) is 0. The van der Waals surface area contributed by atoms with E-state index in [4.69, 9.17) is 16.6 Å². The number of halogens is 1. The van der Waals surface area contributed by atoms with E-state index in [9.17, 15) is 0 Å². The Hall–Kier alpha value is -2.46. The zero-order valence-corrected chi connectivity index (χ0v) is 17.5. The van der Waals surface area contributed by atoms with E-state index in [1.165, 1.54) is 32.7 Å². The minimum absolute atomic E-state index is 0.211. The fraction of sp³-hybridized carbons (Fsp3) is 0. The summed E-state index contributed by atoms with van der Waals surface area (Å²) in [6.45, 7) is 0. The second kappa shape index (κ2) is 7.18. The van der Waals surface area contributed by atoms with Gasteiger partial charge in [0.15, 0.2) is 11.6 Å². The molecule has 0 unspecified atom stereocenters. The quantitative estimate of drug-likeness (QED) is 0.338. The van der Waals surface area contributed by atoms with E-state index in [-0.39, 0.29) is 5.28 Å². The van der Waals surface area contributed by atoms with Crippen molar-refractivity contribution < 1.29 is 0 Å². The maximum absolute atomic E-state index is 6.32. The third-order valence-electron chi connectivity index (χ3n) is 5.84. The van der Waals surface area contributed by atoms with Gasteiger partial charge in [0, 0.05) is 11.1 Å². The van der Waals surface area contributed by atoms with Crippen molar-refractivity contribution in [3.05, 3.63) is 47.7 Å². The van der Waals surface area contributed by atoms with Crippen molar-refractivity contribution in [2.45, 2.75) is 0 Å². The molecule has 4 rings (SSSR count). The minimum atomic E-state index is 0.211. The van der Waals surface area contributed by atoms with Crippen LogP contribution in [-0.4, -0.2) is 54.2 Å². The smallest absolute Gasteiger partial charge is 0.208 e. The Bertz CT molecular complexity index is 1220. The Morgan fingerprint density at radius 1 is 0.607 bits per heavy atom. The molecule has 4 aromatic rings. The van der Waals surface area contributed by atoms with Crippen LogP contribution in [0.1, 0.15) is 0 Å². The van der Waals surface area contributed by atoms with Gasteiger partial charge >= 0.3 is 0 Å². The molecule has 0 aliphatic carbocycles. The van der Waals surface area contributed by atoms with Gasteiger partial charge in [-0.2, -0.15) is 9.97 Å². The molecule has 0 saturated carbocycles. The van der Waals surface area contributed by atoms with E-state index >= 15 is 0 Å². The van der Waals surface area contributed by atoms with Gasteiger partial charge in [0.1, 0.15) is 39.2 Å². The molecule has 0 atom stereocenters. The molecular formula is C19H17B5ClN3. The first-order valence-corrected chi connectivity index (χ1v) is 9.72. The first-order chi connectivity index (χ1) is 13.4. The zero-order valence-electron chi connectivity index (χ0n) is 16.8. The lowest BCUT2D eigenvalue weighted by atomic mass is 9.60. The van der Waals surface area contributed by atoms with E-state index < -0.39 is 0 Å². The molecule has 0 bridgehead atoms. The molecule has 0 spiro atoms. The Labute approximate surface area is 174 Å². The third kappa shape index (κ3) is 3.16. The molecule has 9 heteroatoms. The van der Waals surface area contributed by atoms with Crippen LogP contribution in [0.15, 0.2) is 42.5 Å². The van der Waals surface area contributed by atoms with Gasteiger partial charge in [0.05, 0.1) is 0 Å². The molecule has 0 saturated heterocycles. The summed E-state index contributed by atoms with van der Waals surface area (Å²) in [5, 5.41) is 2.54. The van der Waals surface area contributed by atoms with E-state index in [1.807, 2.05) is 18.2 Å². The largest absolute Gasteiger partial charge is 0.226 e. The van der Waals surface area contributed by atoms with E-state index in [0.717, 1.165) is 16.5 Å². The van der Waals surface area contributed by atoms with Crippen LogP contribution in [0, 0.1) is 0 Å². The number of benzene rings is 3. The molecule has 1 aromatic heterocycles. The Balaban J connectivity index is 1.93. The number of aromatic nitrogens is 3. The van der Waals surface area contributed by atoms with Crippen molar-refractivity contribution in [2.75, 3.05) is 0 Å². The summed E-state index contributed by atoms with van der Waals surface area (Å²) >= 11 is 6.32. The monoisotopic (exact) mass is 377 g/mol. The van der Waals surface area contributed by atoms with E-state index in [0.29, 0.717) is 11.6 Å². The van der Waals surface area contributed by atoms with Gasteiger partial charge in [-0.25, -0.2) is 4.98 Å². The lowest BCUT2D eigenvalue weighted by Crippen LogP contribution is -2.55. The topological polar surface area (TPSA) is 38.7 Å². The standard InChI is InChI=1S/C19H17B5ClN3/c20-12-11(13(21)15(23)16(24)14(12)22)18-26-17(27-19(25)28-18)10-6-5-8-3-1-2-4-9(8)7-10/h1-7H,20-24H2. The molecule has 0 aliphatic heterocycles. The van der Waals surface area contributed by atoms with Gasteiger partial charge < -0.3 is 0 Å². The highest BCUT2D eigenvalue weighted by Gasteiger charge is 2.17. The van der Waals surface area contributed by atoms with Crippen molar-refractivity contribution >= 4 is 88.9 Å². The summed E-state index contributed by atoms with van der Waals surface area (Å²) in [6, 6.07) is 14.5. The fourth-order valence-corrected chi connectivity index (χ4v) is 3.91. The first-order valence-electron chi connectivity index (χ1n) is 9.35. The lowest BCUT2D eigenvalue weighted by Gasteiger charge is -2.19. The third-order valence-corrected chi connectivity index (χ3v) is 6.01. The molecule has 1 heterocycles. The van der Waals surface area contributed by atoms with Crippen molar-refractivity contribution in [1.82, 2.24) is 15.0 Å². The van der Waals surface area contributed by atoms with Crippen LogP contribution >= 0.6 is 11.6 Å². The van der Waals surface area contributed by atoms with Crippen LogP contribution in [0.2, 0.25) is 5.28 Å². The van der Waals surface area contributed by atoms with Crippen LogP contribution in [0.25, 0.3) is 33.5 Å². The number of nitrogens with zero attached hydrogens (tertiary/aromatic N) is 3. The van der Waals surface area contributed by atoms with Gasteiger partial charge in [-0.1, -0.05) is 47.3 Å². The summed E-state index contributed by atoms with van der Waals surface area (Å²) in [5.41, 5.74) is 8.20. The normalized spacial score (nSPS) is 11.0. The highest BCUT2D eigenvalue weighted by molar-refractivity contribution is 6.68. The second-order valence-electron chi connectivity index (χ2n) is 7.31. The summed E-state index contributed by atoms with van der Waals surface area (Å²) in [5.74, 6) is 1.22. The molecular weight excluding hydrogens is 360 g/mol. The minimum Gasteiger partial charge on any atom is -0.208 e. The van der Waals surface area contributed by atoms with Crippen LogP contribution in [-0.2, 0) is 0 Å². The molecule has 130 valence electrons. The SMILES string of the molecule is Bc1c(B)c(B)c(-c2nc(Cl)nc(-c3ccc4ccccc4c3)n2)c(B)c1B. The Morgan fingerprint density at radius 2 is 1.18 bits per heavy atom. The zero-order chi connectivity index (χ0) is 20.0. The van der Waals surface area contributed by atoms with E-state index in [1.54, 1.807) is 0 Å². The van der Waals surface area contributed by atoms with Gasteiger partial charge in [-0.15, -0.1) is 16.4 Å². The van der Waals surface area contributed by atoms with Crippen LogP contribution in [0.3, 0.4) is 0 Å². The highest BCUT2D eigenvalue weighted by Crippen LogP contribution is 2.24. The Morgan fingerprint density at radius 3 is 1.86 bits per heavy atom. The van der Waals surface area contributed by atoms with Gasteiger partial charge in [-0.05, 0) is 28.4 Å². The summed E-state index contributed by atoms with van der Waals surface area (Å²) in [7, 11) is 10.7. The molecule has 0 N–H and O–H groups in total. The Kier molecular flexibility index (Phi) is 4.84. The molecule has 3 aromatic carbocycles. The van der Waals surface area contributed by atoms with Crippen LogP contribution < -0.4 is 27.3 Å². The lowest BCUT2D eigenvalue weighted by molar-refractivity contribution is 1.07. The van der Waals surface area contributed by atoms with Crippen molar-refractivity contribution in [2.24, 2.45) is 0 Å². The average Bonchev–Trinajstić information content (AvgIpc) is 2.70. The molecule has 3 nitrogen and oxygen atoms in total. The number of fused-ring (bicyclic) bond motifs is 1. The van der Waals surface area contributed by atoms with Crippen LogP contribution in [0.4, 0.5) is 0 Å². The number of hydrogen-bond donors (Lipinski definition) is 0. The van der Waals surface area contributed by atoms with Crippen molar-refractivity contribution in [3.8, 4) is 22.8 Å². The second-order valence-corrected chi connectivity index (χ2v) is 7.65. The molecule has 0 amide bonds. The molecule has 28 heavy (non-hydrogen) atoms. The van der Waals surface area contributed by atoms with Crippen LogP contribution in [0.5, 0.6) is 0 Å². The van der Waals surface area contributed by atoms with E-state index in [2.05, 4.69) is 73.5 Å². The fourth-order valence-electron chi connectivity index (χ4n) is 3.75. The van der Waals surface area contributed by atoms with Crippen molar-refractivity contribution in [3.63, 3.8) is 0 Å². The summed E-state index contributed by atoms with van der Waals surface area (Å²) < 4.78 is 0. The number of hydrogen-bond acceptors (Lipinski definition) is 3. The first kappa shape index (κ1) is 18.9. The maximum atomic E-state index is 6.32. The van der Waals surface area contributed by atoms with Gasteiger partial charge in [-0.3, -0.25) is 0 Å². The predicted octanol–water partition coefficient (Wildman–Crippen LogP) is -3.70. The highest BCUT2D eigenvalue weighted by atomic mass is 35.5. The maximum Gasteiger partial charge on any atom is 0.226 e. The molecule has 0 radical (unpaired) electrons. The number of rotatable bonds is 2. The molecule has 0 aliphatic rings. The van der Waals surface area contributed by atoms with Crippen molar-refractivity contribution in [1.29, 1.82) is 0 Å². The van der Waals surface area contributed by atoms with Gasteiger partial charge in [0.2, 0.25) is 5.28 Å². The summed E-state index contributed by atoms with van der Waals surface area (Å²) in [4.78, 5) is 13.7. The predicted molar refractivity (Wildman–Crippen MR) is 134 cm³/mol. The van der Waals surface area contributed by atoms with Gasteiger partial charge in [0.25, 0.3) is 0 Å². The molecule has 0 fully saturated rings.